The molecule has 2 atom stereocenters. The second kappa shape index (κ2) is 3.25. The van der Waals surface area contributed by atoms with Crippen molar-refractivity contribution in [3.63, 3.8) is 0 Å². The molecule has 0 spiro atoms. The summed E-state index contributed by atoms with van der Waals surface area (Å²) in [6.07, 6.45) is 3.80. The molecule has 14 heavy (non-hydrogen) atoms. The van der Waals surface area contributed by atoms with Crippen LogP contribution >= 0.6 is 0 Å². The molecule has 0 unspecified atom stereocenters. The second-order valence-electron chi connectivity index (χ2n) is 3.61. The summed E-state index contributed by atoms with van der Waals surface area (Å²) in [6.45, 7) is 2.09. The molecule has 1 aliphatic carbocycles. The molecule has 1 aromatic heterocycles. The van der Waals surface area contributed by atoms with Crippen molar-refractivity contribution in [1.82, 2.24) is 15.3 Å². The number of nitrogen functional groups attached to an aromatic ring is 1. The van der Waals surface area contributed by atoms with Gasteiger partial charge < -0.3 is 11.1 Å². The monoisotopic (exact) mass is 192 g/mol. The Morgan fingerprint density at radius 1 is 1.71 bits per heavy atom. The maximum absolute atomic E-state index is 11.6. The van der Waals surface area contributed by atoms with Gasteiger partial charge in [-0.3, -0.25) is 4.79 Å². The molecule has 1 aliphatic rings. The van der Waals surface area contributed by atoms with Crippen LogP contribution in [0.1, 0.15) is 23.7 Å². The van der Waals surface area contributed by atoms with E-state index >= 15 is 0 Å². The molecule has 0 aliphatic heterocycles. The minimum atomic E-state index is -0.183. The Morgan fingerprint density at radius 3 is 3.00 bits per heavy atom. The summed E-state index contributed by atoms with van der Waals surface area (Å²) in [4.78, 5) is 19.1. The van der Waals surface area contributed by atoms with Gasteiger partial charge in [-0.2, -0.15) is 0 Å². The zero-order chi connectivity index (χ0) is 10.1. The number of carbonyl (C=O) groups is 1. The number of carbonyl (C=O) groups excluding carboxylic acids is 1. The highest BCUT2D eigenvalue weighted by atomic mass is 16.1. The number of amides is 1. The van der Waals surface area contributed by atoms with Gasteiger partial charge in [-0.25, -0.2) is 9.97 Å². The van der Waals surface area contributed by atoms with E-state index in [2.05, 4.69) is 22.2 Å². The molecule has 2 rings (SSSR count). The Morgan fingerprint density at radius 2 is 2.43 bits per heavy atom. The van der Waals surface area contributed by atoms with Gasteiger partial charge in [0.15, 0.2) is 0 Å². The number of hydrogen-bond acceptors (Lipinski definition) is 4. The van der Waals surface area contributed by atoms with E-state index in [1.54, 1.807) is 0 Å². The van der Waals surface area contributed by atoms with Crippen LogP contribution in [-0.2, 0) is 0 Å². The van der Waals surface area contributed by atoms with Crippen molar-refractivity contribution in [1.29, 1.82) is 0 Å². The minimum Gasteiger partial charge on any atom is -0.383 e. The summed E-state index contributed by atoms with van der Waals surface area (Å²) in [5.74, 6) is 0.619. The average molecular weight is 192 g/mol. The predicted octanol–water partition coefficient (Wildman–Crippen LogP) is 0.197. The third-order valence-corrected chi connectivity index (χ3v) is 2.41. The lowest BCUT2D eigenvalue weighted by molar-refractivity contribution is 0.0949. The van der Waals surface area contributed by atoms with E-state index in [4.69, 9.17) is 5.73 Å². The largest absolute Gasteiger partial charge is 0.383 e. The van der Waals surface area contributed by atoms with Gasteiger partial charge in [0.05, 0.1) is 5.56 Å². The number of nitrogens with zero attached hydrogens (tertiary/aromatic N) is 2. The van der Waals surface area contributed by atoms with Crippen LogP contribution < -0.4 is 11.1 Å². The van der Waals surface area contributed by atoms with Gasteiger partial charge in [0.1, 0.15) is 12.1 Å². The van der Waals surface area contributed by atoms with Gasteiger partial charge in [0.2, 0.25) is 0 Å². The normalized spacial score (nSPS) is 24.4. The molecule has 0 bridgehead atoms. The first-order valence-corrected chi connectivity index (χ1v) is 4.55. The van der Waals surface area contributed by atoms with Crippen LogP contribution in [-0.4, -0.2) is 21.9 Å². The molecule has 74 valence electrons. The maximum Gasteiger partial charge on any atom is 0.256 e. The molecule has 1 aromatic rings. The second-order valence-corrected chi connectivity index (χ2v) is 3.61. The zero-order valence-electron chi connectivity index (χ0n) is 7.90. The summed E-state index contributed by atoms with van der Waals surface area (Å²) < 4.78 is 0. The third-order valence-electron chi connectivity index (χ3n) is 2.41. The Labute approximate surface area is 81.7 Å². The van der Waals surface area contributed by atoms with Gasteiger partial charge in [-0.15, -0.1) is 0 Å². The SMILES string of the molecule is C[C@@H]1C[C@H]1NC(=O)c1cncnc1N. The van der Waals surface area contributed by atoms with Crippen LogP contribution in [0.3, 0.4) is 0 Å². The van der Waals surface area contributed by atoms with Crippen molar-refractivity contribution in [2.75, 3.05) is 5.73 Å². The predicted molar refractivity (Wildman–Crippen MR) is 51.5 cm³/mol. The third kappa shape index (κ3) is 1.66. The molecular formula is C9H12N4O. The van der Waals surface area contributed by atoms with Crippen molar-refractivity contribution in [2.45, 2.75) is 19.4 Å². The highest BCUT2D eigenvalue weighted by Crippen LogP contribution is 2.29. The number of nitrogens with two attached hydrogens (primary N) is 1. The van der Waals surface area contributed by atoms with Gasteiger partial charge in [0, 0.05) is 12.2 Å². The quantitative estimate of drug-likeness (QED) is 0.701. The lowest BCUT2D eigenvalue weighted by atomic mass is 10.3. The van der Waals surface area contributed by atoms with Crippen LogP contribution in [0.5, 0.6) is 0 Å². The topological polar surface area (TPSA) is 80.9 Å². The summed E-state index contributed by atoms with van der Waals surface area (Å²) >= 11 is 0. The van der Waals surface area contributed by atoms with Gasteiger partial charge in [0.25, 0.3) is 5.91 Å². The molecule has 0 aromatic carbocycles. The Bertz CT molecular complexity index is 366. The highest BCUT2D eigenvalue weighted by molar-refractivity contribution is 5.98. The van der Waals surface area contributed by atoms with Crippen LogP contribution in [0, 0.1) is 5.92 Å². The lowest BCUT2D eigenvalue weighted by Gasteiger charge is -2.04. The Kier molecular flexibility index (Phi) is 2.07. The van der Waals surface area contributed by atoms with E-state index in [-0.39, 0.29) is 11.7 Å². The molecular weight excluding hydrogens is 180 g/mol. The summed E-state index contributed by atoms with van der Waals surface area (Å²) in [7, 11) is 0. The first-order valence-electron chi connectivity index (χ1n) is 4.55. The van der Waals surface area contributed by atoms with E-state index < -0.39 is 0 Å². The van der Waals surface area contributed by atoms with E-state index in [9.17, 15) is 4.79 Å². The molecule has 0 radical (unpaired) electrons. The van der Waals surface area contributed by atoms with Crippen molar-refractivity contribution < 1.29 is 4.79 Å². The van der Waals surface area contributed by atoms with Crippen LogP contribution in [0.15, 0.2) is 12.5 Å². The van der Waals surface area contributed by atoms with E-state index in [0.29, 0.717) is 17.5 Å². The fourth-order valence-corrected chi connectivity index (χ4v) is 1.28. The molecule has 1 fully saturated rings. The van der Waals surface area contributed by atoms with Crippen molar-refractivity contribution in [2.24, 2.45) is 5.92 Å². The van der Waals surface area contributed by atoms with Crippen molar-refractivity contribution >= 4 is 11.7 Å². The fourth-order valence-electron chi connectivity index (χ4n) is 1.28. The molecule has 3 N–H and O–H groups in total. The number of aromatic nitrogens is 2. The summed E-state index contributed by atoms with van der Waals surface area (Å²) in [5, 5.41) is 2.86. The molecule has 1 amide bonds. The highest BCUT2D eigenvalue weighted by Gasteiger charge is 2.34. The standard InChI is InChI=1S/C9H12N4O/c1-5-2-7(5)13-9(14)6-3-11-4-12-8(6)10/h3-5,7H,2H2,1H3,(H,13,14)(H2,10,11,12)/t5-,7-/m1/s1. The summed E-state index contributed by atoms with van der Waals surface area (Å²) in [6, 6.07) is 0.294. The van der Waals surface area contributed by atoms with E-state index in [1.165, 1.54) is 12.5 Å². The van der Waals surface area contributed by atoms with Crippen LogP contribution in [0.25, 0.3) is 0 Å². The number of anilines is 1. The van der Waals surface area contributed by atoms with Gasteiger partial charge in [-0.05, 0) is 12.3 Å². The van der Waals surface area contributed by atoms with Gasteiger partial charge >= 0.3 is 0 Å². The molecule has 5 heteroatoms. The number of rotatable bonds is 2. The van der Waals surface area contributed by atoms with Crippen molar-refractivity contribution in [3.05, 3.63) is 18.1 Å². The number of hydrogen-bond donors (Lipinski definition) is 2. The van der Waals surface area contributed by atoms with E-state index in [1.807, 2.05) is 0 Å². The van der Waals surface area contributed by atoms with Gasteiger partial charge in [-0.1, -0.05) is 6.92 Å². The minimum absolute atomic E-state index is 0.183. The van der Waals surface area contributed by atoms with Crippen molar-refractivity contribution in [3.8, 4) is 0 Å². The summed E-state index contributed by atoms with van der Waals surface area (Å²) in [5.41, 5.74) is 5.89. The molecule has 5 nitrogen and oxygen atoms in total. The smallest absolute Gasteiger partial charge is 0.256 e. The fraction of sp³-hybridized carbons (Fsp3) is 0.444. The first-order chi connectivity index (χ1) is 6.68. The number of nitrogens with one attached hydrogen (secondary N) is 1. The Hall–Kier alpha value is -1.65. The van der Waals surface area contributed by atoms with Crippen LogP contribution in [0.4, 0.5) is 5.82 Å². The molecule has 1 saturated carbocycles. The molecule has 1 heterocycles. The van der Waals surface area contributed by atoms with E-state index in [0.717, 1.165) is 6.42 Å². The zero-order valence-corrected chi connectivity index (χ0v) is 7.90. The average Bonchev–Trinajstić information content (AvgIpc) is 2.82. The lowest BCUT2D eigenvalue weighted by Crippen LogP contribution is -2.27. The van der Waals surface area contributed by atoms with Crippen LogP contribution in [0.2, 0.25) is 0 Å². The Balaban J connectivity index is 2.07. The molecule has 0 saturated heterocycles. The first kappa shape index (κ1) is 8.93. The maximum atomic E-state index is 11.6.